The monoisotopic (exact) mass is 263 g/mol. The van der Waals surface area contributed by atoms with E-state index in [1.54, 1.807) is 11.3 Å². The summed E-state index contributed by atoms with van der Waals surface area (Å²) in [6.07, 6.45) is 6.56. The number of aromatic nitrogens is 2. The van der Waals surface area contributed by atoms with Crippen LogP contribution >= 0.6 is 11.3 Å². The molecule has 4 nitrogen and oxygen atoms in total. The Labute approximate surface area is 110 Å². The zero-order chi connectivity index (χ0) is 12.5. The minimum atomic E-state index is 0.609. The second-order valence-electron chi connectivity index (χ2n) is 4.72. The standard InChI is InChI=1S/C13H17N3OS/c1-2-3-7-10-15-13(17-16-10)11-8-5-4-6-9(8)18-12(11)14/h2-7,14H2,1H3. The molecule has 2 aromatic rings. The quantitative estimate of drug-likeness (QED) is 0.919. The molecule has 2 heterocycles. The summed E-state index contributed by atoms with van der Waals surface area (Å²) in [5, 5.41) is 4.86. The van der Waals surface area contributed by atoms with Gasteiger partial charge in [-0.2, -0.15) is 4.98 Å². The summed E-state index contributed by atoms with van der Waals surface area (Å²) in [6.45, 7) is 2.16. The summed E-state index contributed by atoms with van der Waals surface area (Å²) in [4.78, 5) is 5.88. The van der Waals surface area contributed by atoms with Crippen LogP contribution in [-0.4, -0.2) is 10.1 Å². The number of nitrogen functional groups attached to an aromatic ring is 1. The highest BCUT2D eigenvalue weighted by Gasteiger charge is 2.25. The molecule has 2 N–H and O–H groups in total. The van der Waals surface area contributed by atoms with Crippen LogP contribution in [-0.2, 0) is 19.3 Å². The number of hydrogen-bond donors (Lipinski definition) is 1. The maximum Gasteiger partial charge on any atom is 0.261 e. The number of thiophene rings is 1. The molecule has 0 unspecified atom stereocenters. The van der Waals surface area contributed by atoms with Gasteiger partial charge in [0.2, 0.25) is 0 Å². The summed E-state index contributed by atoms with van der Waals surface area (Å²) < 4.78 is 5.38. The molecule has 1 aliphatic carbocycles. The molecule has 0 amide bonds. The first-order valence-electron chi connectivity index (χ1n) is 6.52. The summed E-state index contributed by atoms with van der Waals surface area (Å²) in [7, 11) is 0. The van der Waals surface area contributed by atoms with Gasteiger partial charge in [-0.3, -0.25) is 0 Å². The van der Waals surface area contributed by atoms with Gasteiger partial charge in [-0.25, -0.2) is 0 Å². The van der Waals surface area contributed by atoms with Crippen LogP contribution in [0.5, 0.6) is 0 Å². The van der Waals surface area contributed by atoms with Gasteiger partial charge >= 0.3 is 0 Å². The van der Waals surface area contributed by atoms with Gasteiger partial charge in [0.1, 0.15) is 0 Å². The number of anilines is 1. The molecular formula is C13H17N3OS. The van der Waals surface area contributed by atoms with E-state index in [2.05, 4.69) is 17.1 Å². The molecule has 0 aromatic carbocycles. The summed E-state index contributed by atoms with van der Waals surface area (Å²) in [5.74, 6) is 1.40. The highest BCUT2D eigenvalue weighted by Crippen LogP contribution is 2.42. The van der Waals surface area contributed by atoms with Crippen molar-refractivity contribution < 1.29 is 4.52 Å². The number of unbranched alkanes of at least 4 members (excludes halogenated alkanes) is 1. The van der Waals surface area contributed by atoms with E-state index in [0.29, 0.717) is 5.89 Å². The van der Waals surface area contributed by atoms with Gasteiger partial charge in [0.05, 0.1) is 10.6 Å². The predicted octanol–water partition coefficient (Wildman–Crippen LogP) is 3.21. The Kier molecular flexibility index (Phi) is 3.07. The molecule has 2 aromatic heterocycles. The minimum absolute atomic E-state index is 0.609. The van der Waals surface area contributed by atoms with Crippen LogP contribution in [0.2, 0.25) is 0 Å². The van der Waals surface area contributed by atoms with Gasteiger partial charge in [0.15, 0.2) is 5.82 Å². The Hall–Kier alpha value is -1.36. The van der Waals surface area contributed by atoms with Crippen molar-refractivity contribution >= 4 is 16.3 Å². The SMILES string of the molecule is CCCCc1noc(-c2c(N)sc3c2CCC3)n1. The Bertz CT molecular complexity index is 559. The van der Waals surface area contributed by atoms with Crippen molar-refractivity contribution in [2.24, 2.45) is 0 Å². The maximum atomic E-state index is 6.08. The van der Waals surface area contributed by atoms with E-state index in [0.717, 1.165) is 48.5 Å². The Morgan fingerprint density at radius 1 is 1.39 bits per heavy atom. The molecule has 0 aliphatic heterocycles. The Balaban J connectivity index is 1.92. The second kappa shape index (κ2) is 4.72. The molecule has 0 saturated carbocycles. The van der Waals surface area contributed by atoms with Crippen LogP contribution < -0.4 is 5.73 Å². The molecule has 0 radical (unpaired) electrons. The second-order valence-corrected chi connectivity index (χ2v) is 5.85. The zero-order valence-electron chi connectivity index (χ0n) is 10.5. The number of rotatable bonds is 4. The van der Waals surface area contributed by atoms with Crippen molar-refractivity contribution in [1.82, 2.24) is 10.1 Å². The topological polar surface area (TPSA) is 64.9 Å². The van der Waals surface area contributed by atoms with Crippen LogP contribution in [0.15, 0.2) is 4.52 Å². The van der Waals surface area contributed by atoms with Crippen LogP contribution in [0.25, 0.3) is 11.5 Å². The van der Waals surface area contributed by atoms with E-state index < -0.39 is 0 Å². The highest BCUT2D eigenvalue weighted by atomic mass is 32.1. The fourth-order valence-electron chi connectivity index (χ4n) is 2.45. The van der Waals surface area contributed by atoms with Crippen LogP contribution in [0.3, 0.4) is 0 Å². The van der Waals surface area contributed by atoms with Crippen LogP contribution in [0, 0.1) is 0 Å². The molecule has 5 heteroatoms. The van der Waals surface area contributed by atoms with Gasteiger partial charge < -0.3 is 10.3 Å². The molecule has 0 bridgehead atoms. The third kappa shape index (κ3) is 1.92. The number of aryl methyl sites for hydroxylation is 2. The van der Waals surface area contributed by atoms with Gasteiger partial charge in [-0.15, -0.1) is 11.3 Å². The van der Waals surface area contributed by atoms with Gasteiger partial charge in [0, 0.05) is 11.3 Å². The average Bonchev–Trinajstić information content (AvgIpc) is 3.01. The molecule has 0 saturated heterocycles. The number of nitrogens with two attached hydrogens (primary N) is 1. The maximum absolute atomic E-state index is 6.08. The van der Waals surface area contributed by atoms with Crippen molar-refractivity contribution in [3.8, 4) is 11.5 Å². The minimum Gasteiger partial charge on any atom is -0.390 e. The molecule has 3 rings (SSSR count). The number of fused-ring (bicyclic) bond motifs is 1. The van der Waals surface area contributed by atoms with Crippen molar-refractivity contribution in [2.45, 2.75) is 45.4 Å². The summed E-state index contributed by atoms with van der Waals surface area (Å²) in [5.41, 5.74) is 8.42. The van der Waals surface area contributed by atoms with E-state index in [9.17, 15) is 0 Å². The van der Waals surface area contributed by atoms with Gasteiger partial charge in [0.25, 0.3) is 5.89 Å². The van der Waals surface area contributed by atoms with E-state index in [1.165, 1.54) is 16.9 Å². The average molecular weight is 263 g/mol. The third-order valence-corrected chi connectivity index (χ3v) is 4.51. The molecule has 96 valence electrons. The van der Waals surface area contributed by atoms with Gasteiger partial charge in [-0.05, 0) is 31.2 Å². The number of nitrogens with zero attached hydrogens (tertiary/aromatic N) is 2. The lowest BCUT2D eigenvalue weighted by Crippen LogP contribution is -1.90. The normalized spacial score (nSPS) is 14.1. The largest absolute Gasteiger partial charge is 0.390 e. The third-order valence-electron chi connectivity index (χ3n) is 3.38. The van der Waals surface area contributed by atoms with E-state index in [4.69, 9.17) is 10.3 Å². The Morgan fingerprint density at radius 2 is 2.28 bits per heavy atom. The summed E-state index contributed by atoms with van der Waals surface area (Å²) in [6, 6.07) is 0. The molecule has 0 fully saturated rings. The van der Waals surface area contributed by atoms with Crippen molar-refractivity contribution in [2.75, 3.05) is 5.73 Å². The van der Waals surface area contributed by atoms with Crippen molar-refractivity contribution in [1.29, 1.82) is 0 Å². The molecular weight excluding hydrogens is 246 g/mol. The lowest BCUT2D eigenvalue weighted by Gasteiger charge is -1.96. The first-order valence-corrected chi connectivity index (χ1v) is 7.34. The van der Waals surface area contributed by atoms with E-state index in [-0.39, 0.29) is 0 Å². The fraction of sp³-hybridized carbons (Fsp3) is 0.538. The zero-order valence-corrected chi connectivity index (χ0v) is 11.3. The number of hydrogen-bond acceptors (Lipinski definition) is 5. The van der Waals surface area contributed by atoms with Gasteiger partial charge in [-0.1, -0.05) is 18.5 Å². The summed E-state index contributed by atoms with van der Waals surface area (Å²) >= 11 is 1.68. The molecule has 0 atom stereocenters. The lowest BCUT2D eigenvalue weighted by atomic mass is 10.1. The van der Waals surface area contributed by atoms with Crippen molar-refractivity contribution in [3.63, 3.8) is 0 Å². The lowest BCUT2D eigenvalue weighted by molar-refractivity contribution is 0.421. The first-order chi connectivity index (χ1) is 8.79. The van der Waals surface area contributed by atoms with Crippen molar-refractivity contribution in [3.05, 3.63) is 16.3 Å². The Morgan fingerprint density at radius 3 is 3.11 bits per heavy atom. The fourth-order valence-corrected chi connectivity index (χ4v) is 3.60. The molecule has 18 heavy (non-hydrogen) atoms. The molecule has 0 spiro atoms. The first kappa shape index (κ1) is 11.7. The van der Waals surface area contributed by atoms with Crippen LogP contribution in [0.1, 0.15) is 42.5 Å². The smallest absolute Gasteiger partial charge is 0.261 e. The molecule has 1 aliphatic rings. The highest BCUT2D eigenvalue weighted by molar-refractivity contribution is 7.16. The van der Waals surface area contributed by atoms with E-state index in [1.807, 2.05) is 0 Å². The van der Waals surface area contributed by atoms with Crippen LogP contribution in [0.4, 0.5) is 5.00 Å². The predicted molar refractivity (Wildman–Crippen MR) is 72.7 cm³/mol. The van der Waals surface area contributed by atoms with E-state index >= 15 is 0 Å².